The Kier molecular flexibility index (Phi) is 3.88. The summed E-state index contributed by atoms with van der Waals surface area (Å²) in [7, 11) is 2.88. The minimum atomic E-state index is -0.310. The highest BCUT2D eigenvalue weighted by molar-refractivity contribution is 9.10. The summed E-state index contributed by atoms with van der Waals surface area (Å²) in [6.07, 6.45) is 3.34. The van der Waals surface area contributed by atoms with Crippen LogP contribution in [-0.4, -0.2) is 25.2 Å². The maximum atomic E-state index is 11.1. The lowest BCUT2D eigenvalue weighted by Crippen LogP contribution is -2.06. The van der Waals surface area contributed by atoms with E-state index in [1.807, 2.05) is 0 Å². The van der Waals surface area contributed by atoms with Crippen LogP contribution in [0.15, 0.2) is 16.9 Å². The molecule has 0 bridgehead atoms. The third kappa shape index (κ3) is 2.45. The topological polar surface area (TPSA) is 48.4 Å². The van der Waals surface area contributed by atoms with Crippen LogP contribution in [0.5, 0.6) is 5.75 Å². The molecule has 0 spiro atoms. The zero-order valence-electron chi connectivity index (χ0n) is 7.91. The van der Waals surface area contributed by atoms with Gasteiger partial charge in [0.25, 0.3) is 0 Å². The van der Waals surface area contributed by atoms with Gasteiger partial charge in [-0.05, 0) is 15.9 Å². The molecular formula is C9H10BrNO3. The Bertz CT molecular complexity index is 341. The molecule has 0 saturated carbocycles. The Morgan fingerprint density at radius 3 is 2.79 bits per heavy atom. The van der Waals surface area contributed by atoms with Crippen LogP contribution in [0.25, 0.3) is 0 Å². The highest BCUT2D eigenvalue weighted by Crippen LogP contribution is 2.25. The Morgan fingerprint density at radius 1 is 1.50 bits per heavy atom. The molecule has 14 heavy (non-hydrogen) atoms. The van der Waals surface area contributed by atoms with Crippen molar-refractivity contribution in [1.82, 2.24) is 4.98 Å². The van der Waals surface area contributed by atoms with Gasteiger partial charge in [-0.15, -0.1) is 0 Å². The number of hydrogen-bond acceptors (Lipinski definition) is 4. The minimum absolute atomic E-state index is 0.169. The SMILES string of the molecule is COC(=O)Cc1c(Br)cncc1OC. The standard InChI is InChI=1S/C9H10BrNO3/c1-13-8-5-11-4-7(10)6(8)3-9(12)14-2/h4-5H,3H2,1-2H3. The lowest BCUT2D eigenvalue weighted by atomic mass is 10.2. The van der Waals surface area contributed by atoms with Gasteiger partial charge in [-0.1, -0.05) is 0 Å². The number of hydrogen-bond donors (Lipinski definition) is 0. The monoisotopic (exact) mass is 259 g/mol. The predicted octanol–water partition coefficient (Wildman–Crippen LogP) is 1.57. The van der Waals surface area contributed by atoms with E-state index in [1.54, 1.807) is 12.4 Å². The molecule has 0 N–H and O–H groups in total. The number of halogens is 1. The van der Waals surface area contributed by atoms with E-state index in [0.717, 1.165) is 10.0 Å². The summed E-state index contributed by atoms with van der Waals surface area (Å²) in [5.41, 5.74) is 0.745. The maximum absolute atomic E-state index is 11.1. The first-order valence-electron chi connectivity index (χ1n) is 3.92. The Balaban J connectivity index is 2.98. The van der Waals surface area contributed by atoms with Crippen molar-refractivity contribution in [2.75, 3.05) is 14.2 Å². The average Bonchev–Trinajstić information content (AvgIpc) is 2.20. The van der Waals surface area contributed by atoms with E-state index in [1.165, 1.54) is 14.2 Å². The molecule has 0 atom stereocenters. The molecule has 0 unspecified atom stereocenters. The third-order valence-electron chi connectivity index (χ3n) is 1.73. The van der Waals surface area contributed by atoms with Crippen molar-refractivity contribution in [3.05, 3.63) is 22.4 Å². The molecule has 76 valence electrons. The number of ether oxygens (including phenoxy) is 2. The van der Waals surface area contributed by atoms with Crippen LogP contribution in [0, 0.1) is 0 Å². The van der Waals surface area contributed by atoms with E-state index >= 15 is 0 Å². The Hall–Kier alpha value is -1.10. The molecule has 1 aromatic heterocycles. The first-order valence-corrected chi connectivity index (χ1v) is 4.71. The highest BCUT2D eigenvalue weighted by atomic mass is 79.9. The molecule has 5 heteroatoms. The zero-order chi connectivity index (χ0) is 10.6. The Labute approximate surface area is 90.4 Å². The number of aromatic nitrogens is 1. The van der Waals surface area contributed by atoms with Gasteiger partial charge in [-0.25, -0.2) is 0 Å². The fourth-order valence-electron chi connectivity index (χ4n) is 1.01. The lowest BCUT2D eigenvalue weighted by Gasteiger charge is -2.08. The summed E-state index contributed by atoms with van der Waals surface area (Å²) in [5.74, 6) is 0.264. The average molecular weight is 260 g/mol. The van der Waals surface area contributed by atoms with Crippen molar-refractivity contribution in [3.8, 4) is 5.75 Å². The van der Waals surface area contributed by atoms with Crippen molar-refractivity contribution >= 4 is 21.9 Å². The van der Waals surface area contributed by atoms with Gasteiger partial charge in [-0.3, -0.25) is 9.78 Å². The van der Waals surface area contributed by atoms with E-state index in [9.17, 15) is 4.79 Å². The molecule has 0 amide bonds. The quantitative estimate of drug-likeness (QED) is 0.774. The minimum Gasteiger partial charge on any atom is -0.495 e. The number of carbonyl (C=O) groups is 1. The number of esters is 1. The van der Waals surface area contributed by atoms with Crippen LogP contribution in [0.1, 0.15) is 5.56 Å². The van der Waals surface area contributed by atoms with Crippen LogP contribution in [0.2, 0.25) is 0 Å². The van der Waals surface area contributed by atoms with E-state index in [2.05, 4.69) is 25.7 Å². The summed E-state index contributed by atoms with van der Waals surface area (Å²) in [5, 5.41) is 0. The summed E-state index contributed by atoms with van der Waals surface area (Å²) in [6, 6.07) is 0. The first-order chi connectivity index (χ1) is 6.69. The van der Waals surface area contributed by atoms with E-state index < -0.39 is 0 Å². The van der Waals surface area contributed by atoms with E-state index in [4.69, 9.17) is 4.74 Å². The number of carbonyl (C=O) groups excluding carboxylic acids is 1. The smallest absolute Gasteiger partial charge is 0.310 e. The second-order valence-electron chi connectivity index (χ2n) is 2.56. The van der Waals surface area contributed by atoms with Crippen LogP contribution in [-0.2, 0) is 16.0 Å². The predicted molar refractivity (Wildman–Crippen MR) is 54.2 cm³/mol. The lowest BCUT2D eigenvalue weighted by molar-refractivity contribution is -0.139. The zero-order valence-corrected chi connectivity index (χ0v) is 9.50. The highest BCUT2D eigenvalue weighted by Gasteiger charge is 2.12. The molecule has 0 fully saturated rings. The van der Waals surface area contributed by atoms with E-state index in [0.29, 0.717) is 5.75 Å². The van der Waals surface area contributed by atoms with Crippen LogP contribution in [0.4, 0.5) is 0 Å². The molecule has 4 nitrogen and oxygen atoms in total. The molecule has 0 saturated heterocycles. The summed E-state index contributed by atoms with van der Waals surface area (Å²) in [4.78, 5) is 15.0. The second kappa shape index (κ2) is 4.95. The molecule has 1 heterocycles. The van der Waals surface area contributed by atoms with E-state index in [-0.39, 0.29) is 12.4 Å². The van der Waals surface area contributed by atoms with Gasteiger partial charge in [0.2, 0.25) is 0 Å². The number of pyridine rings is 1. The second-order valence-corrected chi connectivity index (χ2v) is 3.41. The van der Waals surface area contributed by atoms with Crippen molar-refractivity contribution in [2.45, 2.75) is 6.42 Å². The summed E-state index contributed by atoms with van der Waals surface area (Å²) in [6.45, 7) is 0. The Morgan fingerprint density at radius 2 is 2.21 bits per heavy atom. The third-order valence-corrected chi connectivity index (χ3v) is 2.42. The van der Waals surface area contributed by atoms with Gasteiger partial charge in [0.15, 0.2) is 0 Å². The molecule has 0 aliphatic rings. The fourth-order valence-corrected chi connectivity index (χ4v) is 1.46. The van der Waals surface area contributed by atoms with Crippen LogP contribution < -0.4 is 4.74 Å². The van der Waals surface area contributed by atoms with Gasteiger partial charge in [-0.2, -0.15) is 0 Å². The maximum Gasteiger partial charge on any atom is 0.310 e. The van der Waals surface area contributed by atoms with Crippen LogP contribution in [0.3, 0.4) is 0 Å². The van der Waals surface area contributed by atoms with Gasteiger partial charge in [0, 0.05) is 16.2 Å². The normalized spacial score (nSPS) is 9.64. The van der Waals surface area contributed by atoms with Gasteiger partial charge >= 0.3 is 5.97 Å². The number of nitrogens with zero attached hydrogens (tertiary/aromatic N) is 1. The molecular weight excluding hydrogens is 250 g/mol. The van der Waals surface area contributed by atoms with Crippen LogP contribution >= 0.6 is 15.9 Å². The number of rotatable bonds is 3. The van der Waals surface area contributed by atoms with Crippen molar-refractivity contribution < 1.29 is 14.3 Å². The fraction of sp³-hybridized carbons (Fsp3) is 0.333. The van der Waals surface area contributed by atoms with Gasteiger partial charge in [0.1, 0.15) is 5.75 Å². The van der Waals surface area contributed by atoms with Gasteiger partial charge < -0.3 is 9.47 Å². The molecule has 1 aromatic rings. The van der Waals surface area contributed by atoms with Gasteiger partial charge in [0.05, 0.1) is 26.8 Å². The summed E-state index contributed by atoms with van der Waals surface area (Å²) >= 11 is 3.30. The molecule has 0 aromatic carbocycles. The number of methoxy groups -OCH3 is 2. The molecule has 0 radical (unpaired) electrons. The first kappa shape index (κ1) is 11.0. The summed E-state index contributed by atoms with van der Waals surface area (Å²) < 4.78 is 10.4. The molecule has 0 aliphatic heterocycles. The van der Waals surface area contributed by atoms with Crippen molar-refractivity contribution in [1.29, 1.82) is 0 Å². The largest absolute Gasteiger partial charge is 0.495 e. The molecule has 0 aliphatic carbocycles. The van der Waals surface area contributed by atoms with Crippen molar-refractivity contribution in [3.63, 3.8) is 0 Å². The molecule has 1 rings (SSSR count). The van der Waals surface area contributed by atoms with Crippen molar-refractivity contribution in [2.24, 2.45) is 0 Å².